The maximum absolute atomic E-state index is 6.10. The molecule has 0 radical (unpaired) electrons. The average molecular weight is 426 g/mol. The van der Waals surface area contributed by atoms with Crippen LogP contribution in [0.4, 0.5) is 0 Å². The third-order valence-corrected chi connectivity index (χ3v) is 7.72. The molecule has 4 heteroatoms. The summed E-state index contributed by atoms with van der Waals surface area (Å²) in [5, 5.41) is 1.16. The molecule has 2 aromatic carbocycles. The summed E-state index contributed by atoms with van der Waals surface area (Å²) in [5.41, 5.74) is 3.33. The molecule has 29 heavy (non-hydrogen) atoms. The molecule has 3 aromatic rings. The molecule has 0 aliphatic heterocycles. The van der Waals surface area contributed by atoms with Gasteiger partial charge in [-0.2, -0.15) is 0 Å². The van der Waals surface area contributed by atoms with Crippen LogP contribution in [0.25, 0.3) is 10.9 Å². The van der Waals surface area contributed by atoms with Crippen molar-refractivity contribution in [2.24, 2.45) is 0 Å². The summed E-state index contributed by atoms with van der Waals surface area (Å²) < 4.78 is 6.58. The van der Waals surface area contributed by atoms with E-state index in [2.05, 4.69) is 79.8 Å². The predicted octanol–water partition coefficient (Wildman–Crippen LogP) is 7.88. The summed E-state index contributed by atoms with van der Waals surface area (Å²) in [6, 6.07) is 21.0. The van der Waals surface area contributed by atoms with Crippen molar-refractivity contribution in [3.05, 3.63) is 71.9 Å². The van der Waals surface area contributed by atoms with Crippen LogP contribution in [0.3, 0.4) is 0 Å². The van der Waals surface area contributed by atoms with Crippen molar-refractivity contribution >= 4 is 34.4 Å². The lowest BCUT2D eigenvalue weighted by Crippen LogP contribution is -2.00. The molecule has 0 saturated carbocycles. The zero-order valence-electron chi connectivity index (χ0n) is 17.5. The topological polar surface area (TPSA) is 22.1 Å². The number of pyridine rings is 1. The first kappa shape index (κ1) is 22.0. The lowest BCUT2D eigenvalue weighted by Gasteiger charge is -2.18. The molecule has 0 saturated heterocycles. The lowest BCUT2D eigenvalue weighted by molar-refractivity contribution is 0.301. The number of aromatic nitrogens is 1. The highest BCUT2D eigenvalue weighted by Crippen LogP contribution is 2.41. The molecule has 3 rings (SSSR count). The summed E-state index contributed by atoms with van der Waals surface area (Å²) >= 11 is 4.14. The standard InChI is InChI=1S/C25H31NOS2/c1-3-5-16-28-25(29-17-6-4-2)21-11-9-12-23(18-21)27-19-22-15-14-20-10-7-8-13-24(20)26-22/h7-15,18,25H,3-6,16-17,19H2,1-2H3. The second kappa shape index (κ2) is 12.1. The van der Waals surface area contributed by atoms with Crippen LogP contribution in [-0.4, -0.2) is 16.5 Å². The van der Waals surface area contributed by atoms with E-state index in [9.17, 15) is 0 Å². The van der Waals surface area contributed by atoms with Gasteiger partial charge in [0.1, 0.15) is 12.4 Å². The molecule has 0 aliphatic rings. The molecule has 0 unspecified atom stereocenters. The SMILES string of the molecule is CCCCSC(SCCCC)c1cccc(OCc2ccc3ccccc3n2)c1. The quantitative estimate of drug-likeness (QED) is 0.217. The van der Waals surface area contributed by atoms with Crippen LogP contribution >= 0.6 is 23.5 Å². The highest BCUT2D eigenvalue weighted by Gasteiger charge is 2.13. The van der Waals surface area contributed by atoms with Crippen molar-refractivity contribution in [3.63, 3.8) is 0 Å². The number of unbranched alkanes of at least 4 members (excludes halogenated alkanes) is 2. The van der Waals surface area contributed by atoms with Crippen LogP contribution in [0.2, 0.25) is 0 Å². The zero-order chi connectivity index (χ0) is 20.3. The molecule has 2 nitrogen and oxygen atoms in total. The van der Waals surface area contributed by atoms with E-state index < -0.39 is 0 Å². The van der Waals surface area contributed by atoms with Gasteiger partial charge in [-0.15, -0.1) is 23.5 Å². The summed E-state index contributed by atoms with van der Waals surface area (Å²) in [5.74, 6) is 3.35. The third kappa shape index (κ3) is 6.97. The Balaban J connectivity index is 1.65. The van der Waals surface area contributed by atoms with Gasteiger partial charge in [0.2, 0.25) is 0 Å². The molecular formula is C25H31NOS2. The van der Waals surface area contributed by atoms with Gasteiger partial charge >= 0.3 is 0 Å². The van der Waals surface area contributed by atoms with E-state index in [1.165, 1.54) is 42.8 Å². The number of hydrogen-bond donors (Lipinski definition) is 0. The summed E-state index contributed by atoms with van der Waals surface area (Å²) in [7, 11) is 0. The van der Waals surface area contributed by atoms with Gasteiger partial charge in [-0.25, -0.2) is 4.98 Å². The first-order chi connectivity index (χ1) is 14.3. The Morgan fingerprint density at radius 1 is 0.862 bits per heavy atom. The number of nitrogens with zero attached hydrogens (tertiary/aromatic N) is 1. The highest BCUT2D eigenvalue weighted by molar-refractivity contribution is 8.16. The van der Waals surface area contributed by atoms with Crippen molar-refractivity contribution in [2.75, 3.05) is 11.5 Å². The van der Waals surface area contributed by atoms with E-state index >= 15 is 0 Å². The molecule has 0 atom stereocenters. The smallest absolute Gasteiger partial charge is 0.130 e. The van der Waals surface area contributed by atoms with Gasteiger partial charge in [-0.1, -0.05) is 63.1 Å². The number of ether oxygens (including phenoxy) is 1. The van der Waals surface area contributed by atoms with Gasteiger partial charge in [0, 0.05) is 5.39 Å². The maximum Gasteiger partial charge on any atom is 0.130 e. The minimum atomic E-state index is 0.482. The van der Waals surface area contributed by atoms with E-state index in [4.69, 9.17) is 9.72 Å². The fraction of sp³-hybridized carbons (Fsp3) is 0.400. The van der Waals surface area contributed by atoms with Gasteiger partial charge in [0.15, 0.2) is 0 Å². The number of thioether (sulfide) groups is 2. The van der Waals surface area contributed by atoms with Crippen molar-refractivity contribution in [1.82, 2.24) is 4.98 Å². The Labute approximate surface area is 183 Å². The largest absolute Gasteiger partial charge is 0.487 e. The van der Waals surface area contributed by atoms with Crippen molar-refractivity contribution in [2.45, 2.75) is 50.7 Å². The Kier molecular flexibility index (Phi) is 9.23. The number of hydrogen-bond acceptors (Lipinski definition) is 4. The average Bonchev–Trinajstić information content (AvgIpc) is 2.77. The van der Waals surface area contributed by atoms with E-state index in [0.717, 1.165) is 22.3 Å². The predicted molar refractivity (Wildman–Crippen MR) is 130 cm³/mol. The lowest BCUT2D eigenvalue weighted by atomic mass is 10.2. The van der Waals surface area contributed by atoms with Crippen LogP contribution in [0.5, 0.6) is 5.75 Å². The van der Waals surface area contributed by atoms with Gasteiger partial charge in [0.25, 0.3) is 0 Å². The third-order valence-electron chi connectivity index (χ3n) is 4.71. The van der Waals surface area contributed by atoms with Gasteiger partial charge in [-0.3, -0.25) is 0 Å². The number of benzene rings is 2. The molecule has 0 bridgehead atoms. The summed E-state index contributed by atoms with van der Waals surface area (Å²) in [6.45, 7) is 5.01. The fourth-order valence-electron chi connectivity index (χ4n) is 3.01. The van der Waals surface area contributed by atoms with Crippen molar-refractivity contribution < 1.29 is 4.74 Å². The monoisotopic (exact) mass is 425 g/mol. The summed E-state index contributed by atoms with van der Waals surface area (Å²) in [4.78, 5) is 4.71. The molecule has 1 heterocycles. The molecule has 1 aromatic heterocycles. The van der Waals surface area contributed by atoms with Crippen molar-refractivity contribution in [3.8, 4) is 5.75 Å². The molecule has 0 N–H and O–H groups in total. The molecule has 0 amide bonds. The second-order valence-electron chi connectivity index (χ2n) is 7.14. The normalized spacial score (nSPS) is 11.3. The van der Waals surface area contributed by atoms with Crippen LogP contribution < -0.4 is 4.74 Å². The molecular weight excluding hydrogens is 394 g/mol. The van der Waals surface area contributed by atoms with Crippen molar-refractivity contribution in [1.29, 1.82) is 0 Å². The van der Waals surface area contributed by atoms with Crippen LogP contribution in [0.15, 0.2) is 60.7 Å². The van der Waals surface area contributed by atoms with E-state index in [0.29, 0.717) is 11.2 Å². The van der Waals surface area contributed by atoms with Gasteiger partial charge in [0.05, 0.1) is 15.8 Å². The van der Waals surface area contributed by atoms with Gasteiger partial charge in [-0.05, 0) is 54.2 Å². The fourth-order valence-corrected chi connectivity index (χ4v) is 5.99. The number of para-hydroxylation sites is 1. The first-order valence-electron chi connectivity index (χ1n) is 10.6. The Hall–Kier alpha value is -1.65. The minimum absolute atomic E-state index is 0.482. The molecule has 0 aliphatic carbocycles. The maximum atomic E-state index is 6.10. The molecule has 154 valence electrons. The van der Waals surface area contributed by atoms with Gasteiger partial charge < -0.3 is 4.74 Å². The highest BCUT2D eigenvalue weighted by atomic mass is 32.2. The van der Waals surface area contributed by atoms with E-state index in [1.54, 1.807) is 0 Å². The van der Waals surface area contributed by atoms with Crippen LogP contribution in [0.1, 0.15) is 55.4 Å². The minimum Gasteiger partial charge on any atom is -0.487 e. The summed E-state index contributed by atoms with van der Waals surface area (Å²) in [6.07, 6.45) is 5.06. The Morgan fingerprint density at radius 3 is 2.38 bits per heavy atom. The van der Waals surface area contributed by atoms with Crippen LogP contribution in [0, 0.1) is 0 Å². The van der Waals surface area contributed by atoms with E-state index in [1.807, 2.05) is 18.2 Å². The first-order valence-corrected chi connectivity index (χ1v) is 12.7. The number of rotatable bonds is 12. The molecule has 0 spiro atoms. The Bertz CT molecular complexity index is 873. The van der Waals surface area contributed by atoms with Crippen LogP contribution in [-0.2, 0) is 6.61 Å². The number of fused-ring (bicyclic) bond motifs is 1. The molecule has 0 fully saturated rings. The van der Waals surface area contributed by atoms with E-state index in [-0.39, 0.29) is 0 Å². The zero-order valence-corrected chi connectivity index (χ0v) is 19.1. The second-order valence-corrected chi connectivity index (χ2v) is 9.86. The Morgan fingerprint density at radius 2 is 1.62 bits per heavy atom.